The lowest BCUT2D eigenvalue weighted by Gasteiger charge is -2.21. The molecule has 26 heavy (non-hydrogen) atoms. The summed E-state index contributed by atoms with van der Waals surface area (Å²) in [5.41, 5.74) is 1.34. The molecule has 146 valence electrons. The van der Waals surface area contributed by atoms with Gasteiger partial charge >= 0.3 is 0 Å². The van der Waals surface area contributed by atoms with Crippen molar-refractivity contribution in [1.82, 2.24) is 15.5 Å². The van der Waals surface area contributed by atoms with Gasteiger partial charge in [0.05, 0.1) is 7.11 Å². The highest BCUT2D eigenvalue weighted by atomic mass is 16.5. The van der Waals surface area contributed by atoms with E-state index in [1.165, 1.54) is 38.0 Å². The van der Waals surface area contributed by atoms with E-state index in [0.29, 0.717) is 11.8 Å². The lowest BCUT2D eigenvalue weighted by Crippen LogP contribution is -2.41. The molecule has 1 aliphatic rings. The van der Waals surface area contributed by atoms with Crippen molar-refractivity contribution in [2.24, 2.45) is 10.9 Å². The topological polar surface area (TPSA) is 48.9 Å². The van der Waals surface area contributed by atoms with E-state index in [-0.39, 0.29) is 0 Å². The Labute approximate surface area is 159 Å². The van der Waals surface area contributed by atoms with Gasteiger partial charge in [-0.25, -0.2) is 0 Å². The number of rotatable bonds is 9. The zero-order valence-electron chi connectivity index (χ0n) is 16.9. The van der Waals surface area contributed by atoms with E-state index in [9.17, 15) is 0 Å². The Balaban J connectivity index is 1.65. The van der Waals surface area contributed by atoms with Gasteiger partial charge in [0.2, 0.25) is 0 Å². The highest BCUT2D eigenvalue weighted by Gasteiger charge is 2.14. The molecule has 5 heteroatoms. The van der Waals surface area contributed by atoms with Crippen LogP contribution in [0.3, 0.4) is 0 Å². The minimum absolute atomic E-state index is 0.501. The molecule has 1 aromatic rings. The Kier molecular flexibility index (Phi) is 8.75. The van der Waals surface area contributed by atoms with Crippen molar-refractivity contribution >= 4 is 5.96 Å². The van der Waals surface area contributed by atoms with Gasteiger partial charge in [-0.3, -0.25) is 4.99 Å². The van der Waals surface area contributed by atoms with Crippen molar-refractivity contribution in [3.63, 3.8) is 0 Å². The molecule has 0 radical (unpaired) electrons. The molecule has 1 saturated heterocycles. The molecule has 0 saturated carbocycles. The summed E-state index contributed by atoms with van der Waals surface area (Å²) in [5.74, 6) is 2.94. The van der Waals surface area contributed by atoms with Crippen molar-refractivity contribution in [2.75, 3.05) is 46.9 Å². The molecular formula is C21H36N4O. The summed E-state index contributed by atoms with van der Waals surface area (Å²) in [6.45, 7) is 10.2. The third-order valence-electron chi connectivity index (χ3n) is 5.16. The third kappa shape index (κ3) is 6.87. The molecule has 1 heterocycles. The van der Waals surface area contributed by atoms with Crippen molar-refractivity contribution in [3.8, 4) is 5.75 Å². The maximum atomic E-state index is 5.22. The van der Waals surface area contributed by atoms with Crippen LogP contribution in [0.1, 0.15) is 44.6 Å². The van der Waals surface area contributed by atoms with Crippen LogP contribution in [-0.4, -0.2) is 57.7 Å². The summed E-state index contributed by atoms with van der Waals surface area (Å²) in [7, 11) is 3.54. The Morgan fingerprint density at radius 3 is 2.46 bits per heavy atom. The molecule has 1 aromatic carbocycles. The second kappa shape index (κ2) is 11.1. The van der Waals surface area contributed by atoms with Gasteiger partial charge in [0.15, 0.2) is 5.96 Å². The first kappa shape index (κ1) is 20.6. The normalized spacial score (nSPS) is 17.8. The molecular weight excluding hydrogens is 324 g/mol. The monoisotopic (exact) mass is 360 g/mol. The zero-order valence-corrected chi connectivity index (χ0v) is 16.9. The van der Waals surface area contributed by atoms with Crippen LogP contribution in [0.25, 0.3) is 0 Å². The second-order valence-corrected chi connectivity index (χ2v) is 7.46. The Morgan fingerprint density at radius 1 is 1.15 bits per heavy atom. The van der Waals surface area contributed by atoms with Crippen molar-refractivity contribution < 1.29 is 4.74 Å². The van der Waals surface area contributed by atoms with Gasteiger partial charge in [0.1, 0.15) is 5.75 Å². The molecule has 0 aliphatic carbocycles. The fraction of sp³-hybridized carbons (Fsp3) is 0.667. The number of hydrogen-bond donors (Lipinski definition) is 2. The molecule has 0 bridgehead atoms. The molecule has 2 unspecified atom stereocenters. The summed E-state index contributed by atoms with van der Waals surface area (Å²) in [6, 6.07) is 8.36. The Bertz CT molecular complexity index is 537. The summed E-state index contributed by atoms with van der Waals surface area (Å²) in [5, 5.41) is 6.91. The van der Waals surface area contributed by atoms with E-state index in [1.807, 2.05) is 19.2 Å². The first-order chi connectivity index (χ1) is 12.6. The maximum Gasteiger partial charge on any atom is 0.190 e. The van der Waals surface area contributed by atoms with Crippen LogP contribution in [0.2, 0.25) is 0 Å². The number of aliphatic imine (C=N–C) groups is 1. The molecule has 2 atom stereocenters. The summed E-state index contributed by atoms with van der Waals surface area (Å²) < 4.78 is 5.22. The average molecular weight is 361 g/mol. The van der Waals surface area contributed by atoms with Crippen LogP contribution in [0.4, 0.5) is 0 Å². The molecule has 1 fully saturated rings. The summed E-state index contributed by atoms with van der Waals surface area (Å²) in [4.78, 5) is 6.92. The summed E-state index contributed by atoms with van der Waals surface area (Å²) in [6.07, 6.45) is 3.78. The minimum atomic E-state index is 0.501. The number of hydrogen-bond acceptors (Lipinski definition) is 3. The number of guanidine groups is 1. The molecule has 0 amide bonds. The van der Waals surface area contributed by atoms with E-state index in [0.717, 1.165) is 31.2 Å². The van der Waals surface area contributed by atoms with Crippen molar-refractivity contribution in [2.45, 2.75) is 39.0 Å². The van der Waals surface area contributed by atoms with Gasteiger partial charge in [-0.1, -0.05) is 26.0 Å². The molecule has 0 spiro atoms. The van der Waals surface area contributed by atoms with E-state index < -0.39 is 0 Å². The van der Waals surface area contributed by atoms with E-state index in [4.69, 9.17) is 4.74 Å². The van der Waals surface area contributed by atoms with Gasteiger partial charge < -0.3 is 20.3 Å². The fourth-order valence-corrected chi connectivity index (χ4v) is 3.47. The van der Waals surface area contributed by atoms with Crippen LogP contribution in [0.5, 0.6) is 5.75 Å². The minimum Gasteiger partial charge on any atom is -0.497 e. The average Bonchev–Trinajstić information content (AvgIpc) is 3.17. The lowest BCUT2D eigenvalue weighted by molar-refractivity contribution is 0.287. The first-order valence-electron chi connectivity index (χ1n) is 9.93. The second-order valence-electron chi connectivity index (χ2n) is 7.46. The Morgan fingerprint density at radius 2 is 1.85 bits per heavy atom. The fourth-order valence-electron chi connectivity index (χ4n) is 3.47. The largest absolute Gasteiger partial charge is 0.497 e. The molecule has 2 rings (SSSR count). The van der Waals surface area contributed by atoms with E-state index >= 15 is 0 Å². The number of methoxy groups -OCH3 is 1. The smallest absolute Gasteiger partial charge is 0.190 e. The van der Waals surface area contributed by atoms with Crippen LogP contribution in [0, 0.1) is 5.92 Å². The lowest BCUT2D eigenvalue weighted by atomic mass is 9.98. The number of nitrogens with one attached hydrogen (secondary N) is 2. The number of nitrogens with zero attached hydrogens (tertiary/aromatic N) is 2. The molecule has 0 aromatic heterocycles. The van der Waals surface area contributed by atoms with Crippen molar-refractivity contribution in [3.05, 3.63) is 29.8 Å². The van der Waals surface area contributed by atoms with E-state index in [2.05, 4.69) is 46.5 Å². The maximum absolute atomic E-state index is 5.22. The molecule has 5 nitrogen and oxygen atoms in total. The van der Waals surface area contributed by atoms with Crippen LogP contribution in [0.15, 0.2) is 29.3 Å². The van der Waals surface area contributed by atoms with Gasteiger partial charge in [0, 0.05) is 26.7 Å². The molecule has 1 aliphatic heterocycles. The first-order valence-corrected chi connectivity index (χ1v) is 9.93. The predicted molar refractivity (Wildman–Crippen MR) is 110 cm³/mol. The number of likely N-dealkylation sites (tertiary alicyclic amines) is 1. The van der Waals surface area contributed by atoms with Crippen LogP contribution < -0.4 is 15.4 Å². The van der Waals surface area contributed by atoms with Gasteiger partial charge in [-0.05, 0) is 61.9 Å². The summed E-state index contributed by atoms with van der Waals surface area (Å²) >= 11 is 0. The van der Waals surface area contributed by atoms with Crippen LogP contribution >= 0.6 is 0 Å². The zero-order chi connectivity index (χ0) is 18.8. The van der Waals surface area contributed by atoms with E-state index in [1.54, 1.807) is 7.11 Å². The van der Waals surface area contributed by atoms with Gasteiger partial charge in [-0.15, -0.1) is 0 Å². The third-order valence-corrected chi connectivity index (χ3v) is 5.16. The molecule has 2 N–H and O–H groups in total. The highest BCUT2D eigenvalue weighted by molar-refractivity contribution is 5.79. The SMILES string of the molecule is CN=C(NCCC(C)c1ccc(OC)cc1)NCC(C)CN1CCCC1. The number of ether oxygens (including phenoxy) is 1. The number of benzene rings is 1. The Hall–Kier alpha value is -1.75. The van der Waals surface area contributed by atoms with Crippen LogP contribution in [-0.2, 0) is 0 Å². The van der Waals surface area contributed by atoms with Gasteiger partial charge in [0.25, 0.3) is 0 Å². The van der Waals surface area contributed by atoms with Gasteiger partial charge in [-0.2, -0.15) is 0 Å². The van der Waals surface area contributed by atoms with Crippen molar-refractivity contribution in [1.29, 1.82) is 0 Å². The predicted octanol–water partition coefficient (Wildman–Crippen LogP) is 3.09. The highest BCUT2D eigenvalue weighted by Crippen LogP contribution is 2.21. The standard InChI is InChI=1S/C21H36N4O/c1-17(16-25-13-5-6-14-25)15-24-21(22-3)23-12-11-18(2)19-7-9-20(26-4)10-8-19/h7-10,17-18H,5-6,11-16H2,1-4H3,(H2,22,23,24). The quantitative estimate of drug-likeness (QED) is 0.525.